The third kappa shape index (κ3) is 6.32. The molecule has 1 aromatic carbocycles. The number of methoxy groups -OCH3 is 1. The Labute approximate surface area is 218 Å². The Hall–Kier alpha value is -2.51. The molecule has 204 valence electrons. The van der Waals surface area contributed by atoms with Gasteiger partial charge in [0.2, 0.25) is 15.9 Å². The van der Waals surface area contributed by atoms with Crippen LogP contribution in [0.3, 0.4) is 0 Å². The van der Waals surface area contributed by atoms with Crippen LogP contribution in [0.5, 0.6) is 5.75 Å². The van der Waals surface area contributed by atoms with Crippen LogP contribution in [0.15, 0.2) is 21.6 Å². The molecule has 2 aliphatic rings. The molecule has 37 heavy (non-hydrogen) atoms. The third-order valence-electron chi connectivity index (χ3n) is 6.85. The van der Waals surface area contributed by atoms with Crippen LogP contribution in [0.25, 0.3) is 0 Å². The van der Waals surface area contributed by atoms with Gasteiger partial charge >= 0.3 is 0 Å². The van der Waals surface area contributed by atoms with E-state index in [0.29, 0.717) is 56.1 Å². The van der Waals surface area contributed by atoms with E-state index in [1.165, 1.54) is 11.4 Å². The number of aryl methyl sites for hydroxylation is 2. The Bertz CT molecular complexity index is 1180. The van der Waals surface area contributed by atoms with E-state index in [1.807, 2.05) is 0 Å². The predicted molar refractivity (Wildman–Crippen MR) is 135 cm³/mol. The summed E-state index contributed by atoms with van der Waals surface area (Å²) in [6.45, 7) is 8.35. The zero-order valence-corrected chi connectivity index (χ0v) is 22.8. The highest BCUT2D eigenvalue weighted by Crippen LogP contribution is 2.28. The molecule has 0 radical (unpaired) electrons. The molecule has 0 unspecified atom stereocenters. The van der Waals surface area contributed by atoms with Gasteiger partial charge in [-0.15, -0.1) is 0 Å². The van der Waals surface area contributed by atoms with E-state index in [1.54, 1.807) is 38.0 Å². The lowest BCUT2D eigenvalue weighted by Gasteiger charge is -2.28. The first-order chi connectivity index (χ1) is 17.7. The maximum atomic E-state index is 13.1. The molecular formula is C25H36N4O7S. The second kappa shape index (κ2) is 11.9. The Kier molecular flexibility index (Phi) is 8.86. The van der Waals surface area contributed by atoms with Crippen molar-refractivity contribution in [2.45, 2.75) is 38.3 Å². The van der Waals surface area contributed by atoms with Gasteiger partial charge in [0.25, 0.3) is 0 Å². The first kappa shape index (κ1) is 27.5. The highest BCUT2D eigenvalue weighted by atomic mass is 32.2. The number of morpholine rings is 1. The fraction of sp³-hybridized carbons (Fsp3) is 0.600. The van der Waals surface area contributed by atoms with E-state index in [2.05, 4.69) is 10.1 Å². The van der Waals surface area contributed by atoms with Crippen LogP contribution in [0, 0.1) is 13.8 Å². The Morgan fingerprint density at radius 1 is 1.16 bits per heavy atom. The standard InChI is InChI=1S/C25H36N4O7S/c1-18-13-20(33-4)14-19(2)25(18)37(31,32)27(3)7-10-35-17-24(30)29-6-5-23-21(15-29)22(26-36-23)16-28-8-11-34-12-9-28/h13-14H,5-12,15-17H2,1-4H3. The average Bonchev–Trinajstić information content (AvgIpc) is 3.28. The monoisotopic (exact) mass is 536 g/mol. The zero-order chi connectivity index (χ0) is 26.6. The molecule has 1 amide bonds. The summed E-state index contributed by atoms with van der Waals surface area (Å²) in [4.78, 5) is 17.1. The molecule has 0 spiro atoms. The van der Waals surface area contributed by atoms with Gasteiger partial charge in [0.05, 0.1) is 38.4 Å². The highest BCUT2D eigenvalue weighted by molar-refractivity contribution is 7.89. The number of sulfonamides is 1. The number of hydrogen-bond acceptors (Lipinski definition) is 9. The van der Waals surface area contributed by atoms with Crippen molar-refractivity contribution in [1.82, 2.24) is 19.3 Å². The van der Waals surface area contributed by atoms with Crippen LogP contribution in [-0.4, -0.2) is 100 Å². The smallest absolute Gasteiger partial charge is 0.248 e. The SMILES string of the molecule is COc1cc(C)c(S(=O)(=O)N(C)CCOCC(=O)N2CCc3onc(CN4CCOCC4)c3C2)c(C)c1. The number of amides is 1. The van der Waals surface area contributed by atoms with Crippen LogP contribution in [0.2, 0.25) is 0 Å². The van der Waals surface area contributed by atoms with Gasteiger partial charge in [-0.1, -0.05) is 5.16 Å². The predicted octanol–water partition coefficient (Wildman–Crippen LogP) is 1.35. The summed E-state index contributed by atoms with van der Waals surface area (Å²) in [5, 5.41) is 4.25. The average molecular weight is 537 g/mol. The van der Waals surface area contributed by atoms with Crippen LogP contribution in [-0.2, 0) is 43.8 Å². The molecule has 2 aromatic rings. The lowest BCUT2D eigenvalue weighted by Crippen LogP contribution is -2.39. The minimum Gasteiger partial charge on any atom is -0.497 e. The van der Waals surface area contributed by atoms with Gasteiger partial charge < -0.3 is 23.6 Å². The van der Waals surface area contributed by atoms with E-state index in [9.17, 15) is 13.2 Å². The van der Waals surface area contributed by atoms with Crippen molar-refractivity contribution < 1.29 is 31.9 Å². The topological polar surface area (TPSA) is 115 Å². The van der Waals surface area contributed by atoms with E-state index < -0.39 is 10.0 Å². The van der Waals surface area contributed by atoms with Crippen LogP contribution >= 0.6 is 0 Å². The zero-order valence-electron chi connectivity index (χ0n) is 22.0. The molecule has 1 saturated heterocycles. The fourth-order valence-corrected chi connectivity index (χ4v) is 6.29. The second-order valence-corrected chi connectivity index (χ2v) is 11.4. The lowest BCUT2D eigenvalue weighted by molar-refractivity contribution is -0.137. The normalized spacial score (nSPS) is 16.7. The first-order valence-electron chi connectivity index (χ1n) is 12.4. The van der Waals surface area contributed by atoms with Crippen LogP contribution in [0.1, 0.15) is 28.1 Å². The van der Waals surface area contributed by atoms with Crippen molar-refractivity contribution in [2.24, 2.45) is 0 Å². The minimum atomic E-state index is -3.72. The molecule has 1 fully saturated rings. The molecule has 12 heteroatoms. The lowest BCUT2D eigenvalue weighted by atomic mass is 10.1. The number of nitrogens with zero attached hydrogens (tertiary/aromatic N) is 4. The van der Waals surface area contributed by atoms with Gasteiger partial charge in [-0.05, 0) is 37.1 Å². The van der Waals surface area contributed by atoms with Crippen molar-refractivity contribution >= 4 is 15.9 Å². The quantitative estimate of drug-likeness (QED) is 0.415. The second-order valence-electron chi connectivity index (χ2n) is 9.45. The molecule has 3 heterocycles. The number of fused-ring (bicyclic) bond motifs is 1. The van der Waals surface area contributed by atoms with Crippen molar-refractivity contribution in [2.75, 3.05) is 66.8 Å². The van der Waals surface area contributed by atoms with Crippen molar-refractivity contribution in [1.29, 1.82) is 0 Å². The Balaban J connectivity index is 1.27. The summed E-state index contributed by atoms with van der Waals surface area (Å²) in [5.74, 6) is 1.31. The maximum Gasteiger partial charge on any atom is 0.248 e. The van der Waals surface area contributed by atoms with Gasteiger partial charge in [-0.3, -0.25) is 9.69 Å². The summed E-state index contributed by atoms with van der Waals surface area (Å²) < 4.78 is 49.3. The van der Waals surface area contributed by atoms with Gasteiger partial charge in [0.15, 0.2) is 0 Å². The number of likely N-dealkylation sites (N-methyl/N-ethyl adjacent to an activating group) is 1. The number of rotatable bonds is 10. The van der Waals surface area contributed by atoms with Gasteiger partial charge in [-0.25, -0.2) is 8.42 Å². The molecule has 4 rings (SSSR count). The molecule has 0 N–H and O–H groups in total. The molecule has 0 aliphatic carbocycles. The summed E-state index contributed by atoms with van der Waals surface area (Å²) in [5.41, 5.74) is 3.07. The summed E-state index contributed by atoms with van der Waals surface area (Å²) in [7, 11) is -0.658. The van der Waals surface area contributed by atoms with E-state index in [-0.39, 0.29) is 30.6 Å². The number of carbonyl (C=O) groups excluding carboxylic acids is 1. The third-order valence-corrected chi connectivity index (χ3v) is 9.02. The summed E-state index contributed by atoms with van der Waals surface area (Å²) >= 11 is 0. The van der Waals surface area contributed by atoms with Crippen LogP contribution in [0.4, 0.5) is 0 Å². The first-order valence-corrected chi connectivity index (χ1v) is 13.9. The van der Waals surface area contributed by atoms with Crippen LogP contribution < -0.4 is 4.74 Å². The fourth-order valence-electron chi connectivity index (χ4n) is 4.73. The molecule has 0 atom stereocenters. The Morgan fingerprint density at radius 2 is 1.86 bits per heavy atom. The van der Waals surface area contributed by atoms with Crippen molar-refractivity contribution in [3.63, 3.8) is 0 Å². The van der Waals surface area contributed by atoms with Gasteiger partial charge in [0.1, 0.15) is 23.8 Å². The number of aromatic nitrogens is 1. The molecule has 11 nitrogen and oxygen atoms in total. The number of ether oxygens (including phenoxy) is 3. The van der Waals surface area contributed by atoms with Gasteiger partial charge in [0, 0.05) is 51.8 Å². The number of carbonyl (C=O) groups is 1. The highest BCUT2D eigenvalue weighted by Gasteiger charge is 2.29. The maximum absolute atomic E-state index is 13.1. The van der Waals surface area contributed by atoms with E-state index >= 15 is 0 Å². The Morgan fingerprint density at radius 3 is 2.54 bits per heavy atom. The molecule has 0 saturated carbocycles. The molecule has 0 bridgehead atoms. The molecule has 1 aromatic heterocycles. The number of hydrogen-bond donors (Lipinski definition) is 0. The molecule has 2 aliphatic heterocycles. The largest absolute Gasteiger partial charge is 0.497 e. The summed E-state index contributed by atoms with van der Waals surface area (Å²) in [6, 6.07) is 3.41. The summed E-state index contributed by atoms with van der Waals surface area (Å²) in [6.07, 6.45) is 0.610. The van der Waals surface area contributed by atoms with E-state index in [4.69, 9.17) is 18.7 Å². The number of benzene rings is 1. The van der Waals surface area contributed by atoms with E-state index in [0.717, 1.165) is 30.1 Å². The molecular weight excluding hydrogens is 500 g/mol. The van der Waals surface area contributed by atoms with Gasteiger partial charge in [-0.2, -0.15) is 4.31 Å². The van der Waals surface area contributed by atoms with Crippen molar-refractivity contribution in [3.05, 3.63) is 40.3 Å². The van der Waals surface area contributed by atoms with Crippen molar-refractivity contribution in [3.8, 4) is 5.75 Å². The minimum absolute atomic E-state index is 0.102.